The number of aryl methyl sites for hydroxylation is 1. The number of carbonyl (C=O) groups is 1. The lowest BCUT2D eigenvalue weighted by Crippen LogP contribution is -2.45. The van der Waals surface area contributed by atoms with Gasteiger partial charge in [-0.3, -0.25) is 4.79 Å². The van der Waals surface area contributed by atoms with Crippen molar-refractivity contribution in [2.45, 2.75) is 44.7 Å². The van der Waals surface area contributed by atoms with Crippen molar-refractivity contribution in [3.8, 4) is 0 Å². The average Bonchev–Trinajstić information content (AvgIpc) is 3.27. The lowest BCUT2D eigenvalue weighted by Gasteiger charge is -2.32. The number of halogens is 1. The van der Waals surface area contributed by atoms with Crippen LogP contribution in [0.2, 0.25) is 0 Å². The number of hydrogen-bond donors (Lipinski definition) is 1. The van der Waals surface area contributed by atoms with Crippen molar-refractivity contribution in [1.82, 2.24) is 10.2 Å². The maximum Gasteiger partial charge on any atom is 0.251 e. The van der Waals surface area contributed by atoms with E-state index in [0.29, 0.717) is 6.04 Å². The third-order valence-corrected chi connectivity index (χ3v) is 5.22. The van der Waals surface area contributed by atoms with Crippen molar-refractivity contribution in [2.75, 3.05) is 13.1 Å². The van der Waals surface area contributed by atoms with E-state index in [-0.39, 0.29) is 5.91 Å². The first-order chi connectivity index (χ1) is 9.63. The van der Waals surface area contributed by atoms with Gasteiger partial charge in [-0.2, -0.15) is 0 Å². The zero-order valence-electron chi connectivity index (χ0n) is 11.9. The number of benzene rings is 1. The zero-order valence-corrected chi connectivity index (χ0v) is 13.4. The Kier molecular flexibility index (Phi) is 4.13. The van der Waals surface area contributed by atoms with E-state index in [1.165, 1.54) is 12.8 Å². The van der Waals surface area contributed by atoms with E-state index >= 15 is 0 Å². The van der Waals surface area contributed by atoms with Gasteiger partial charge in [-0.1, -0.05) is 22.0 Å². The maximum absolute atomic E-state index is 12.3. The predicted molar refractivity (Wildman–Crippen MR) is 84.0 cm³/mol. The number of likely N-dealkylation sites (tertiary alicyclic amines) is 1. The van der Waals surface area contributed by atoms with Crippen molar-refractivity contribution in [2.24, 2.45) is 0 Å². The number of hydrogen-bond acceptors (Lipinski definition) is 2. The molecule has 1 aliphatic carbocycles. The van der Waals surface area contributed by atoms with Gasteiger partial charge in [0.2, 0.25) is 0 Å². The third-order valence-electron chi connectivity index (χ3n) is 4.36. The van der Waals surface area contributed by atoms with Gasteiger partial charge in [0.05, 0.1) is 0 Å². The quantitative estimate of drug-likeness (QED) is 0.919. The van der Waals surface area contributed by atoms with E-state index < -0.39 is 0 Å². The molecule has 1 N–H and O–H groups in total. The molecule has 1 saturated heterocycles. The highest BCUT2D eigenvalue weighted by Gasteiger charge is 2.32. The van der Waals surface area contributed by atoms with Crippen molar-refractivity contribution < 1.29 is 4.79 Å². The van der Waals surface area contributed by atoms with E-state index in [4.69, 9.17) is 0 Å². The van der Waals surface area contributed by atoms with Crippen LogP contribution in [0.15, 0.2) is 22.7 Å². The molecule has 0 aromatic heterocycles. The van der Waals surface area contributed by atoms with Gasteiger partial charge in [0, 0.05) is 35.2 Å². The molecule has 1 heterocycles. The van der Waals surface area contributed by atoms with Gasteiger partial charge in [-0.25, -0.2) is 0 Å². The number of nitrogens with one attached hydrogen (secondary N) is 1. The summed E-state index contributed by atoms with van der Waals surface area (Å²) in [4.78, 5) is 14.8. The normalized spacial score (nSPS) is 20.9. The van der Waals surface area contributed by atoms with Crippen molar-refractivity contribution in [3.05, 3.63) is 33.8 Å². The Morgan fingerprint density at radius 1 is 1.25 bits per heavy atom. The van der Waals surface area contributed by atoms with Crippen LogP contribution in [0.1, 0.15) is 41.6 Å². The Morgan fingerprint density at radius 3 is 2.55 bits per heavy atom. The minimum absolute atomic E-state index is 0.0515. The van der Waals surface area contributed by atoms with Crippen molar-refractivity contribution in [1.29, 1.82) is 0 Å². The Balaban J connectivity index is 1.54. The lowest BCUT2D eigenvalue weighted by molar-refractivity contribution is 0.0909. The highest BCUT2D eigenvalue weighted by Crippen LogP contribution is 2.29. The molecule has 1 saturated carbocycles. The van der Waals surface area contributed by atoms with Crippen LogP contribution in [0.5, 0.6) is 0 Å². The molecule has 1 aromatic rings. The number of carbonyl (C=O) groups excluding carboxylic acids is 1. The molecule has 0 bridgehead atoms. The van der Waals surface area contributed by atoms with E-state index in [1.54, 1.807) is 0 Å². The fourth-order valence-corrected chi connectivity index (χ4v) is 3.23. The Hall–Kier alpha value is -0.870. The van der Waals surface area contributed by atoms with Crippen LogP contribution in [0.3, 0.4) is 0 Å². The number of nitrogens with zero attached hydrogens (tertiary/aromatic N) is 1. The number of rotatable bonds is 3. The van der Waals surface area contributed by atoms with E-state index in [9.17, 15) is 4.79 Å². The second kappa shape index (κ2) is 5.86. The highest BCUT2D eigenvalue weighted by molar-refractivity contribution is 9.10. The fraction of sp³-hybridized carbons (Fsp3) is 0.562. The molecule has 0 atom stereocenters. The van der Waals surface area contributed by atoms with Crippen molar-refractivity contribution >= 4 is 21.8 Å². The minimum atomic E-state index is 0.0515. The summed E-state index contributed by atoms with van der Waals surface area (Å²) in [5.74, 6) is 0.0515. The SMILES string of the molecule is Cc1ccc(C(=O)NC2CCN(C3CC3)CC2)cc1Br. The minimum Gasteiger partial charge on any atom is -0.349 e. The first-order valence-corrected chi connectivity index (χ1v) is 8.24. The molecule has 1 amide bonds. The van der Waals surface area contributed by atoms with Crippen LogP contribution >= 0.6 is 15.9 Å². The molecule has 1 aromatic carbocycles. The lowest BCUT2D eigenvalue weighted by atomic mass is 10.0. The fourth-order valence-electron chi connectivity index (χ4n) is 2.85. The molecule has 3 rings (SSSR count). The summed E-state index contributed by atoms with van der Waals surface area (Å²) in [5, 5.41) is 3.18. The van der Waals surface area contributed by atoms with Crippen LogP contribution in [0, 0.1) is 6.92 Å². The molecule has 4 heteroatoms. The zero-order chi connectivity index (χ0) is 14.1. The van der Waals surface area contributed by atoms with Gasteiger partial charge in [0.25, 0.3) is 5.91 Å². The summed E-state index contributed by atoms with van der Waals surface area (Å²) >= 11 is 3.48. The van der Waals surface area contributed by atoms with Crippen LogP contribution < -0.4 is 5.32 Å². The Morgan fingerprint density at radius 2 is 1.95 bits per heavy atom. The standard InChI is InChI=1S/C16H21BrN2O/c1-11-2-3-12(10-15(11)17)16(20)18-13-6-8-19(9-7-13)14-4-5-14/h2-3,10,13-14H,4-9H2,1H3,(H,18,20). The molecule has 0 unspecified atom stereocenters. The maximum atomic E-state index is 12.3. The molecule has 2 fully saturated rings. The van der Waals surface area contributed by atoms with Gasteiger partial charge >= 0.3 is 0 Å². The number of piperidine rings is 1. The molecular formula is C16H21BrN2O. The molecule has 1 aliphatic heterocycles. The molecule has 2 aliphatic rings. The van der Waals surface area contributed by atoms with E-state index in [2.05, 4.69) is 26.1 Å². The Labute approximate surface area is 128 Å². The monoisotopic (exact) mass is 336 g/mol. The van der Waals surface area contributed by atoms with Gasteiger partial charge in [-0.15, -0.1) is 0 Å². The summed E-state index contributed by atoms with van der Waals surface area (Å²) in [6, 6.07) is 6.96. The predicted octanol–water partition coefficient (Wildman–Crippen LogP) is 3.11. The third kappa shape index (κ3) is 3.23. The van der Waals surface area contributed by atoms with Gasteiger partial charge in [0.15, 0.2) is 0 Å². The second-order valence-corrected chi connectivity index (χ2v) is 6.83. The summed E-state index contributed by atoms with van der Waals surface area (Å²) in [7, 11) is 0. The molecule has 0 spiro atoms. The highest BCUT2D eigenvalue weighted by atomic mass is 79.9. The summed E-state index contributed by atoms with van der Waals surface area (Å²) in [6.07, 6.45) is 4.90. The first kappa shape index (κ1) is 14.1. The van der Waals surface area contributed by atoms with E-state index in [1.807, 2.05) is 25.1 Å². The summed E-state index contributed by atoms with van der Waals surface area (Å²) in [6.45, 7) is 4.29. The molecule has 108 valence electrons. The van der Waals surface area contributed by atoms with Crippen LogP contribution in [-0.4, -0.2) is 36.0 Å². The first-order valence-electron chi connectivity index (χ1n) is 7.44. The van der Waals surface area contributed by atoms with E-state index in [0.717, 1.165) is 47.6 Å². The van der Waals surface area contributed by atoms with Crippen LogP contribution in [0.25, 0.3) is 0 Å². The van der Waals surface area contributed by atoms with Gasteiger partial charge in [-0.05, 0) is 50.3 Å². The summed E-state index contributed by atoms with van der Waals surface area (Å²) < 4.78 is 0.994. The van der Waals surface area contributed by atoms with Crippen LogP contribution in [-0.2, 0) is 0 Å². The molecule has 0 radical (unpaired) electrons. The smallest absolute Gasteiger partial charge is 0.251 e. The van der Waals surface area contributed by atoms with Crippen LogP contribution in [0.4, 0.5) is 0 Å². The topological polar surface area (TPSA) is 32.3 Å². The molecule has 20 heavy (non-hydrogen) atoms. The van der Waals surface area contributed by atoms with Crippen molar-refractivity contribution in [3.63, 3.8) is 0 Å². The largest absolute Gasteiger partial charge is 0.349 e. The average molecular weight is 337 g/mol. The Bertz CT molecular complexity index is 505. The second-order valence-electron chi connectivity index (χ2n) is 5.98. The van der Waals surface area contributed by atoms with Gasteiger partial charge < -0.3 is 10.2 Å². The number of amides is 1. The van der Waals surface area contributed by atoms with Gasteiger partial charge in [0.1, 0.15) is 0 Å². The molecule has 3 nitrogen and oxygen atoms in total. The summed E-state index contributed by atoms with van der Waals surface area (Å²) in [5.41, 5.74) is 1.89. The molecular weight excluding hydrogens is 316 g/mol.